The van der Waals surface area contributed by atoms with Gasteiger partial charge < -0.3 is 14.2 Å². The molecule has 2 aromatic carbocycles. The van der Waals surface area contributed by atoms with E-state index in [1.54, 1.807) is 36.4 Å². The van der Waals surface area contributed by atoms with Crippen molar-refractivity contribution in [1.29, 1.82) is 0 Å². The summed E-state index contributed by atoms with van der Waals surface area (Å²) in [5.41, 5.74) is 6.31. The number of hydrogen-bond donors (Lipinski definition) is 1. The first-order valence-corrected chi connectivity index (χ1v) is 12.0. The summed E-state index contributed by atoms with van der Waals surface area (Å²) in [6, 6.07) is 17.1. The molecule has 0 saturated carbocycles. The maximum atomic E-state index is 13.0. The summed E-state index contributed by atoms with van der Waals surface area (Å²) in [6.45, 7) is 0. The maximum Gasteiger partial charge on any atom is 0.338 e. The van der Waals surface area contributed by atoms with Gasteiger partial charge in [-0.15, -0.1) is 0 Å². The lowest BCUT2D eigenvalue weighted by Gasteiger charge is -2.28. The molecule has 4 atom stereocenters. The monoisotopic (exact) mass is 603 g/mol. The van der Waals surface area contributed by atoms with Crippen molar-refractivity contribution >= 4 is 34.5 Å². The SMILES string of the molecule is [N-]=[N+]=N[C@]1(CI)O[C@@H](n2ccc(=O)[nH]c2=O)C(OC(=O)c2ccccc2)[C@@H]1OC(=O)c1ccccc1. The summed E-state index contributed by atoms with van der Waals surface area (Å²) in [5, 5.41) is 3.75. The summed E-state index contributed by atoms with van der Waals surface area (Å²) in [5.74, 6) is -1.58. The van der Waals surface area contributed by atoms with Gasteiger partial charge >= 0.3 is 17.6 Å². The molecule has 0 spiro atoms. The number of aromatic nitrogens is 2. The predicted molar refractivity (Wildman–Crippen MR) is 133 cm³/mol. The van der Waals surface area contributed by atoms with Crippen molar-refractivity contribution in [2.24, 2.45) is 5.11 Å². The minimum Gasteiger partial charge on any atom is -0.451 e. The molecule has 0 bridgehead atoms. The average molecular weight is 603 g/mol. The molecule has 4 rings (SSSR count). The van der Waals surface area contributed by atoms with Crippen LogP contribution >= 0.6 is 22.6 Å². The summed E-state index contributed by atoms with van der Waals surface area (Å²) in [4.78, 5) is 55.2. The van der Waals surface area contributed by atoms with Crippen molar-refractivity contribution in [2.45, 2.75) is 24.2 Å². The van der Waals surface area contributed by atoms with Gasteiger partial charge in [-0.05, 0) is 29.8 Å². The Kier molecular flexibility index (Phi) is 7.52. The number of ether oxygens (including phenoxy) is 3. The molecule has 184 valence electrons. The molecule has 0 amide bonds. The number of nitrogens with one attached hydrogen (secondary N) is 1. The number of esters is 2. The zero-order chi connectivity index (χ0) is 25.7. The van der Waals surface area contributed by atoms with E-state index in [1.807, 2.05) is 22.6 Å². The van der Waals surface area contributed by atoms with E-state index < -0.39 is 47.3 Å². The zero-order valence-corrected chi connectivity index (χ0v) is 20.5. The standard InChI is InChI=1S/C23H18IN5O7/c24-13-23(27-28-25)18(35-21(32)15-9-5-2-6-10-15)17(34-20(31)14-7-3-1-4-8-14)19(36-23)29-12-11-16(30)26-22(29)33/h1-12,17-19H,13H2,(H,26,30,33)/t17?,18-,19+,23+/m0/s1. The Labute approximate surface area is 216 Å². The van der Waals surface area contributed by atoms with Crippen LogP contribution in [-0.4, -0.2) is 43.9 Å². The molecule has 13 heteroatoms. The number of azide groups is 1. The van der Waals surface area contributed by atoms with Crippen LogP contribution in [0.5, 0.6) is 0 Å². The van der Waals surface area contributed by atoms with Crippen molar-refractivity contribution in [3.05, 3.63) is 115 Å². The van der Waals surface area contributed by atoms with E-state index >= 15 is 0 Å². The molecule has 1 fully saturated rings. The van der Waals surface area contributed by atoms with Gasteiger partial charge in [-0.3, -0.25) is 14.3 Å². The van der Waals surface area contributed by atoms with Crippen LogP contribution in [0.2, 0.25) is 0 Å². The lowest BCUT2D eigenvalue weighted by molar-refractivity contribution is -0.0887. The molecular weight excluding hydrogens is 585 g/mol. The summed E-state index contributed by atoms with van der Waals surface area (Å²) >= 11 is 1.87. The second kappa shape index (κ2) is 10.8. The molecule has 1 unspecified atom stereocenters. The van der Waals surface area contributed by atoms with Crippen LogP contribution in [0, 0.1) is 0 Å². The zero-order valence-electron chi connectivity index (χ0n) is 18.4. The van der Waals surface area contributed by atoms with E-state index in [2.05, 4.69) is 15.0 Å². The fourth-order valence-electron chi connectivity index (χ4n) is 3.69. The van der Waals surface area contributed by atoms with E-state index in [0.717, 1.165) is 16.8 Å². The van der Waals surface area contributed by atoms with Gasteiger partial charge in [-0.1, -0.05) is 64.1 Å². The van der Waals surface area contributed by atoms with Gasteiger partial charge in [0.05, 0.1) is 11.1 Å². The lowest BCUT2D eigenvalue weighted by atomic mass is 10.1. The molecule has 1 saturated heterocycles. The number of rotatable bonds is 7. The molecular formula is C23H18IN5O7. The van der Waals surface area contributed by atoms with E-state index in [-0.39, 0.29) is 15.6 Å². The Morgan fingerprint density at radius 2 is 1.61 bits per heavy atom. The normalized spacial score (nSPS) is 22.9. The van der Waals surface area contributed by atoms with Gasteiger partial charge in [0.15, 0.2) is 24.2 Å². The molecule has 1 N–H and O–H groups in total. The molecule has 3 aromatic rings. The van der Waals surface area contributed by atoms with Gasteiger partial charge in [0, 0.05) is 21.6 Å². The number of halogens is 1. The third kappa shape index (κ3) is 5.03. The van der Waals surface area contributed by atoms with E-state index in [9.17, 15) is 24.7 Å². The largest absolute Gasteiger partial charge is 0.451 e. The second-order valence-electron chi connectivity index (χ2n) is 7.62. The van der Waals surface area contributed by atoms with Crippen molar-refractivity contribution in [3.63, 3.8) is 0 Å². The van der Waals surface area contributed by atoms with Crippen LogP contribution in [0.3, 0.4) is 0 Å². The quantitative estimate of drug-likeness (QED) is 0.108. The van der Waals surface area contributed by atoms with Crippen LogP contribution < -0.4 is 11.2 Å². The first-order valence-electron chi connectivity index (χ1n) is 10.5. The number of alkyl halides is 1. The smallest absolute Gasteiger partial charge is 0.338 e. The number of aromatic amines is 1. The second-order valence-corrected chi connectivity index (χ2v) is 8.38. The first-order chi connectivity index (χ1) is 17.4. The fraction of sp³-hybridized carbons (Fsp3) is 0.217. The van der Waals surface area contributed by atoms with Crippen molar-refractivity contribution in [2.75, 3.05) is 4.43 Å². The molecule has 36 heavy (non-hydrogen) atoms. The van der Waals surface area contributed by atoms with Crippen LogP contribution in [0.25, 0.3) is 10.4 Å². The minimum atomic E-state index is -1.85. The third-order valence-electron chi connectivity index (χ3n) is 5.38. The average Bonchev–Trinajstić information content (AvgIpc) is 3.18. The van der Waals surface area contributed by atoms with Gasteiger partial charge in [0.25, 0.3) is 5.56 Å². The number of nitrogens with zero attached hydrogens (tertiary/aromatic N) is 4. The van der Waals surface area contributed by atoms with Gasteiger partial charge in [0.1, 0.15) is 0 Å². The first kappa shape index (κ1) is 25.2. The Bertz CT molecular complexity index is 1420. The number of carbonyl (C=O) groups excluding carboxylic acids is 2. The van der Waals surface area contributed by atoms with Crippen molar-refractivity contribution in [1.82, 2.24) is 9.55 Å². The van der Waals surface area contributed by atoms with E-state index in [4.69, 9.17) is 14.2 Å². The maximum absolute atomic E-state index is 13.0. The van der Waals surface area contributed by atoms with E-state index in [0.29, 0.717) is 0 Å². The summed E-state index contributed by atoms with van der Waals surface area (Å²) in [7, 11) is 0. The number of benzene rings is 2. The Hall–Kier alpha value is -3.94. The van der Waals surface area contributed by atoms with E-state index in [1.165, 1.54) is 24.3 Å². The Morgan fingerprint density at radius 3 is 2.14 bits per heavy atom. The van der Waals surface area contributed by atoms with Gasteiger partial charge in [0.2, 0.25) is 0 Å². The highest BCUT2D eigenvalue weighted by Crippen LogP contribution is 2.43. The summed E-state index contributed by atoms with van der Waals surface area (Å²) in [6.07, 6.45) is -3.15. The molecule has 1 aromatic heterocycles. The summed E-state index contributed by atoms with van der Waals surface area (Å²) < 4.78 is 18.4. The topological polar surface area (TPSA) is 165 Å². The molecule has 2 heterocycles. The van der Waals surface area contributed by atoms with Crippen LogP contribution in [0.4, 0.5) is 0 Å². The van der Waals surface area contributed by atoms with Crippen LogP contribution in [0.1, 0.15) is 26.9 Å². The fourth-order valence-corrected chi connectivity index (χ4v) is 4.45. The highest BCUT2D eigenvalue weighted by Gasteiger charge is 2.60. The number of hydrogen-bond acceptors (Lipinski definition) is 8. The van der Waals surface area contributed by atoms with Gasteiger partial charge in [-0.2, -0.15) is 0 Å². The van der Waals surface area contributed by atoms with Crippen molar-refractivity contribution in [3.8, 4) is 0 Å². The van der Waals surface area contributed by atoms with Crippen LogP contribution in [0.15, 0.2) is 87.6 Å². The molecule has 1 aliphatic heterocycles. The minimum absolute atomic E-state index is 0.0322. The highest BCUT2D eigenvalue weighted by molar-refractivity contribution is 14.1. The lowest BCUT2D eigenvalue weighted by Crippen LogP contribution is -2.47. The van der Waals surface area contributed by atoms with Crippen LogP contribution in [-0.2, 0) is 14.2 Å². The Morgan fingerprint density at radius 1 is 1.03 bits per heavy atom. The molecule has 0 aliphatic carbocycles. The molecule has 0 radical (unpaired) electrons. The Balaban J connectivity index is 1.82. The molecule has 1 aliphatic rings. The third-order valence-corrected chi connectivity index (χ3v) is 6.47. The van der Waals surface area contributed by atoms with Crippen molar-refractivity contribution < 1.29 is 23.8 Å². The number of carbonyl (C=O) groups is 2. The molecule has 12 nitrogen and oxygen atoms in total. The number of H-pyrrole nitrogens is 1. The predicted octanol–water partition coefficient (Wildman–Crippen LogP) is 2.96. The van der Waals surface area contributed by atoms with Gasteiger partial charge in [-0.25, -0.2) is 14.4 Å². The highest BCUT2D eigenvalue weighted by atomic mass is 127.